The molecule has 6 nitrogen and oxygen atoms in total. The first kappa shape index (κ1) is 16.3. The number of hydrogen-bond acceptors (Lipinski definition) is 5. The van der Waals surface area contributed by atoms with Crippen LogP contribution < -0.4 is 5.32 Å². The maximum Gasteiger partial charge on any atom is 0.164 e. The maximum absolute atomic E-state index is 5.41. The molecule has 0 saturated heterocycles. The third kappa shape index (κ3) is 2.94. The van der Waals surface area contributed by atoms with Crippen LogP contribution in [0.4, 0.5) is 5.82 Å². The molecule has 0 atom stereocenters. The van der Waals surface area contributed by atoms with E-state index in [1.165, 1.54) is 0 Å². The Morgan fingerprint density at radius 3 is 2.54 bits per heavy atom. The van der Waals surface area contributed by atoms with E-state index >= 15 is 0 Å². The summed E-state index contributed by atoms with van der Waals surface area (Å²) in [5, 5.41) is 9.17. The molecule has 3 heterocycles. The molecule has 3 aromatic heterocycles. The number of anilines is 1. The second-order valence-corrected chi connectivity index (χ2v) is 7.15. The Balaban J connectivity index is 1.88. The minimum atomic E-state index is -0.197. The topological polar surface area (TPSA) is 68.8 Å². The minimum absolute atomic E-state index is 0.197. The number of hydrogen-bond donors (Lipinski definition) is 1. The third-order valence-corrected chi connectivity index (χ3v) is 4.16. The van der Waals surface area contributed by atoms with Gasteiger partial charge in [-0.25, -0.2) is 14.6 Å². The fourth-order valence-electron chi connectivity index (χ4n) is 2.94. The van der Waals surface area contributed by atoms with Crippen molar-refractivity contribution >= 4 is 16.9 Å². The Bertz CT molecular complexity index is 1010. The second-order valence-electron chi connectivity index (χ2n) is 7.15. The predicted octanol–water partition coefficient (Wildman–Crippen LogP) is 4.45. The van der Waals surface area contributed by atoms with Crippen LogP contribution in [0.15, 0.2) is 59.5 Å². The van der Waals surface area contributed by atoms with E-state index in [1.807, 2.05) is 35.0 Å². The van der Waals surface area contributed by atoms with Crippen molar-refractivity contribution in [2.75, 3.05) is 5.32 Å². The van der Waals surface area contributed by atoms with Crippen LogP contribution in [0.25, 0.3) is 22.3 Å². The lowest BCUT2D eigenvalue weighted by atomic mass is 10.1. The first-order valence-corrected chi connectivity index (χ1v) is 8.60. The fourth-order valence-corrected chi connectivity index (χ4v) is 2.94. The van der Waals surface area contributed by atoms with E-state index in [1.54, 1.807) is 12.6 Å². The average Bonchev–Trinajstić information content (AvgIpc) is 3.28. The maximum atomic E-state index is 5.41. The summed E-state index contributed by atoms with van der Waals surface area (Å²) in [6.07, 6.45) is 3.24. The van der Waals surface area contributed by atoms with Crippen molar-refractivity contribution in [2.24, 2.45) is 0 Å². The molecule has 0 aliphatic rings. The minimum Gasteiger partial charge on any atom is -0.467 e. The quantitative estimate of drug-likeness (QED) is 0.590. The van der Waals surface area contributed by atoms with Gasteiger partial charge in [-0.3, -0.25) is 0 Å². The number of nitrogens with zero attached hydrogens (tertiary/aromatic N) is 4. The summed E-state index contributed by atoms with van der Waals surface area (Å²) >= 11 is 0. The van der Waals surface area contributed by atoms with Crippen LogP contribution in [-0.2, 0) is 12.1 Å². The second kappa shape index (κ2) is 6.29. The Morgan fingerprint density at radius 2 is 1.85 bits per heavy atom. The summed E-state index contributed by atoms with van der Waals surface area (Å²) in [4.78, 5) is 9.00. The molecule has 26 heavy (non-hydrogen) atoms. The standard InChI is InChI=1S/C20H21N5O/c1-20(2,3)25-19-16(17(24-25)14-8-5-4-6-9-14)18(22-13-23-19)21-12-15-10-7-11-26-15/h4-11,13H,12H2,1-3H3,(H,21,22,23). The van der Waals surface area contributed by atoms with E-state index < -0.39 is 0 Å². The molecule has 0 amide bonds. The monoisotopic (exact) mass is 347 g/mol. The summed E-state index contributed by atoms with van der Waals surface area (Å²) in [6.45, 7) is 6.90. The van der Waals surface area contributed by atoms with Gasteiger partial charge in [-0.1, -0.05) is 30.3 Å². The van der Waals surface area contributed by atoms with Gasteiger partial charge in [-0.2, -0.15) is 5.10 Å². The summed E-state index contributed by atoms with van der Waals surface area (Å²) in [5.74, 6) is 1.60. The summed E-state index contributed by atoms with van der Waals surface area (Å²) in [7, 11) is 0. The highest BCUT2D eigenvalue weighted by molar-refractivity contribution is 5.99. The van der Waals surface area contributed by atoms with Crippen LogP contribution in [0.3, 0.4) is 0 Å². The van der Waals surface area contributed by atoms with Gasteiger partial charge >= 0.3 is 0 Å². The van der Waals surface area contributed by atoms with Gasteiger partial charge in [-0.05, 0) is 32.9 Å². The molecule has 0 fully saturated rings. The van der Waals surface area contributed by atoms with Gasteiger partial charge in [0.15, 0.2) is 5.65 Å². The molecule has 0 spiro atoms. The van der Waals surface area contributed by atoms with Crippen LogP contribution >= 0.6 is 0 Å². The zero-order valence-electron chi connectivity index (χ0n) is 15.1. The Hall–Kier alpha value is -3.15. The molecule has 0 bridgehead atoms. The van der Waals surface area contributed by atoms with Crippen molar-refractivity contribution in [3.8, 4) is 11.3 Å². The van der Waals surface area contributed by atoms with Crippen molar-refractivity contribution in [1.29, 1.82) is 0 Å². The number of furan rings is 1. The number of nitrogens with one attached hydrogen (secondary N) is 1. The van der Waals surface area contributed by atoms with Crippen molar-refractivity contribution in [2.45, 2.75) is 32.9 Å². The lowest BCUT2D eigenvalue weighted by Gasteiger charge is -2.19. The van der Waals surface area contributed by atoms with E-state index in [0.717, 1.165) is 33.9 Å². The first-order valence-electron chi connectivity index (χ1n) is 8.60. The van der Waals surface area contributed by atoms with Gasteiger partial charge in [0.2, 0.25) is 0 Å². The molecule has 4 aromatic rings. The predicted molar refractivity (Wildman–Crippen MR) is 102 cm³/mol. The van der Waals surface area contributed by atoms with Gasteiger partial charge in [0, 0.05) is 5.56 Å². The third-order valence-electron chi connectivity index (χ3n) is 4.16. The Labute approximate surface area is 151 Å². The van der Waals surface area contributed by atoms with Crippen LogP contribution in [0.2, 0.25) is 0 Å². The summed E-state index contributed by atoms with van der Waals surface area (Å²) < 4.78 is 7.38. The van der Waals surface area contributed by atoms with Gasteiger partial charge < -0.3 is 9.73 Å². The molecule has 1 N–H and O–H groups in total. The highest BCUT2D eigenvalue weighted by atomic mass is 16.3. The van der Waals surface area contributed by atoms with Crippen LogP contribution in [-0.4, -0.2) is 19.7 Å². The van der Waals surface area contributed by atoms with Gasteiger partial charge in [0.05, 0.1) is 23.7 Å². The van der Waals surface area contributed by atoms with E-state index in [-0.39, 0.29) is 5.54 Å². The average molecular weight is 347 g/mol. The van der Waals surface area contributed by atoms with Gasteiger partial charge in [-0.15, -0.1) is 0 Å². The normalized spacial score (nSPS) is 11.8. The SMILES string of the molecule is CC(C)(C)n1nc(-c2ccccc2)c2c(NCc3ccco3)ncnc21. The smallest absolute Gasteiger partial charge is 0.164 e. The molecule has 0 aliphatic carbocycles. The van der Waals surface area contributed by atoms with Crippen molar-refractivity contribution in [3.63, 3.8) is 0 Å². The van der Waals surface area contributed by atoms with Crippen LogP contribution in [0.1, 0.15) is 26.5 Å². The Morgan fingerprint density at radius 1 is 1.04 bits per heavy atom. The van der Waals surface area contributed by atoms with Crippen molar-refractivity contribution < 1.29 is 4.42 Å². The Kier molecular flexibility index (Phi) is 3.95. The summed E-state index contributed by atoms with van der Waals surface area (Å²) in [6, 6.07) is 13.9. The van der Waals surface area contributed by atoms with Crippen molar-refractivity contribution in [1.82, 2.24) is 19.7 Å². The van der Waals surface area contributed by atoms with E-state index in [9.17, 15) is 0 Å². The van der Waals surface area contributed by atoms with E-state index in [4.69, 9.17) is 9.52 Å². The first-order chi connectivity index (χ1) is 12.5. The highest BCUT2D eigenvalue weighted by Crippen LogP contribution is 2.34. The molecular formula is C20H21N5O. The number of benzene rings is 1. The molecule has 0 aliphatic heterocycles. The largest absolute Gasteiger partial charge is 0.467 e. The highest BCUT2D eigenvalue weighted by Gasteiger charge is 2.24. The lowest BCUT2D eigenvalue weighted by molar-refractivity contribution is 0.367. The number of aromatic nitrogens is 4. The van der Waals surface area contributed by atoms with Crippen LogP contribution in [0, 0.1) is 0 Å². The van der Waals surface area contributed by atoms with Gasteiger partial charge in [0.1, 0.15) is 23.6 Å². The van der Waals surface area contributed by atoms with Crippen molar-refractivity contribution in [3.05, 3.63) is 60.8 Å². The molecule has 132 valence electrons. The van der Waals surface area contributed by atoms with Gasteiger partial charge in [0.25, 0.3) is 0 Å². The summed E-state index contributed by atoms with van der Waals surface area (Å²) in [5.41, 5.74) is 2.53. The molecule has 6 heteroatoms. The molecule has 0 radical (unpaired) electrons. The molecular weight excluding hydrogens is 326 g/mol. The van der Waals surface area contributed by atoms with Crippen LogP contribution in [0.5, 0.6) is 0 Å². The molecule has 0 unspecified atom stereocenters. The number of fused-ring (bicyclic) bond motifs is 1. The zero-order valence-corrected chi connectivity index (χ0v) is 15.1. The number of rotatable bonds is 4. The lowest BCUT2D eigenvalue weighted by Crippen LogP contribution is -2.23. The fraction of sp³-hybridized carbons (Fsp3) is 0.250. The zero-order chi connectivity index (χ0) is 18.1. The van der Waals surface area contributed by atoms with E-state index in [0.29, 0.717) is 6.54 Å². The molecule has 1 aromatic carbocycles. The van der Waals surface area contributed by atoms with E-state index in [2.05, 4.69) is 48.2 Å². The molecule has 0 saturated carbocycles. The molecule has 4 rings (SSSR count).